The summed E-state index contributed by atoms with van der Waals surface area (Å²) < 4.78 is 6.23. The second kappa shape index (κ2) is 10.6. The Hall–Kier alpha value is -3.60. The van der Waals surface area contributed by atoms with Crippen molar-refractivity contribution in [1.29, 1.82) is 0 Å². The third-order valence-electron chi connectivity index (χ3n) is 7.16. The van der Waals surface area contributed by atoms with Gasteiger partial charge in [0.15, 0.2) is 6.10 Å². The molecule has 1 fully saturated rings. The van der Waals surface area contributed by atoms with E-state index in [4.69, 9.17) is 4.74 Å². The number of hydrogen-bond donors (Lipinski definition) is 1. The maximum absolute atomic E-state index is 13.3. The molecule has 0 bridgehead atoms. The van der Waals surface area contributed by atoms with Crippen LogP contribution in [0, 0.1) is 12.8 Å². The van der Waals surface area contributed by atoms with Gasteiger partial charge in [-0.15, -0.1) is 0 Å². The SMILES string of the molecule is CC[C@@H](Oc1ccc2c(c1)[C@H](c1cccc(C)c1)N(C(=O)C1CC1)CC2)C(=O)NCc1ccccc1. The zero-order chi connectivity index (χ0) is 25.1. The highest BCUT2D eigenvalue weighted by molar-refractivity contribution is 5.82. The summed E-state index contributed by atoms with van der Waals surface area (Å²) in [4.78, 5) is 28.2. The van der Waals surface area contributed by atoms with Crippen LogP contribution in [0.25, 0.3) is 0 Å². The minimum atomic E-state index is -0.586. The molecule has 2 aliphatic rings. The van der Waals surface area contributed by atoms with E-state index in [0.29, 0.717) is 18.7 Å². The first-order chi connectivity index (χ1) is 17.5. The Morgan fingerprint density at radius 3 is 2.56 bits per heavy atom. The summed E-state index contributed by atoms with van der Waals surface area (Å²) >= 11 is 0. The molecule has 1 aliphatic heterocycles. The third kappa shape index (κ3) is 5.30. The van der Waals surface area contributed by atoms with Gasteiger partial charge in [-0.2, -0.15) is 0 Å². The van der Waals surface area contributed by atoms with Crippen molar-refractivity contribution in [2.45, 2.75) is 58.2 Å². The fraction of sp³-hybridized carbons (Fsp3) is 0.355. The van der Waals surface area contributed by atoms with Crippen molar-refractivity contribution in [3.8, 4) is 5.75 Å². The van der Waals surface area contributed by atoms with Crippen LogP contribution in [-0.2, 0) is 22.6 Å². The Balaban J connectivity index is 1.39. The molecule has 3 aromatic carbocycles. The van der Waals surface area contributed by atoms with Crippen molar-refractivity contribution in [3.05, 3.63) is 101 Å². The summed E-state index contributed by atoms with van der Waals surface area (Å²) in [5.41, 5.74) is 5.67. The molecular weight excluding hydrogens is 448 g/mol. The highest BCUT2D eigenvalue weighted by atomic mass is 16.5. The van der Waals surface area contributed by atoms with Crippen LogP contribution in [0.5, 0.6) is 5.75 Å². The zero-order valence-electron chi connectivity index (χ0n) is 21.1. The molecule has 2 amide bonds. The molecule has 0 radical (unpaired) electrons. The second-order valence-electron chi connectivity index (χ2n) is 9.95. The van der Waals surface area contributed by atoms with Gasteiger partial charge in [0.25, 0.3) is 5.91 Å². The second-order valence-corrected chi connectivity index (χ2v) is 9.95. The molecule has 1 saturated carbocycles. The fourth-order valence-corrected chi connectivity index (χ4v) is 5.05. The third-order valence-corrected chi connectivity index (χ3v) is 7.16. The Bertz CT molecular complexity index is 1240. The molecule has 5 rings (SSSR count). The first kappa shape index (κ1) is 24.1. The summed E-state index contributed by atoms with van der Waals surface area (Å²) in [5, 5.41) is 3.00. The van der Waals surface area contributed by atoms with E-state index >= 15 is 0 Å². The van der Waals surface area contributed by atoms with E-state index in [1.807, 2.05) is 49.4 Å². The molecule has 0 spiro atoms. The minimum absolute atomic E-state index is 0.125. The molecule has 36 heavy (non-hydrogen) atoms. The summed E-state index contributed by atoms with van der Waals surface area (Å²) in [6, 6.07) is 24.3. The van der Waals surface area contributed by atoms with Gasteiger partial charge in [-0.3, -0.25) is 9.59 Å². The van der Waals surface area contributed by atoms with Crippen molar-refractivity contribution < 1.29 is 14.3 Å². The van der Waals surface area contributed by atoms with Crippen molar-refractivity contribution in [1.82, 2.24) is 10.2 Å². The Morgan fingerprint density at radius 1 is 1.03 bits per heavy atom. The monoisotopic (exact) mass is 482 g/mol. The van der Waals surface area contributed by atoms with Crippen molar-refractivity contribution >= 4 is 11.8 Å². The summed E-state index contributed by atoms with van der Waals surface area (Å²) in [7, 11) is 0. The number of carbonyl (C=O) groups is 2. The number of carbonyl (C=O) groups excluding carboxylic acids is 2. The van der Waals surface area contributed by atoms with Gasteiger partial charge in [-0.1, -0.05) is 73.2 Å². The van der Waals surface area contributed by atoms with Gasteiger partial charge in [0, 0.05) is 19.0 Å². The summed E-state index contributed by atoms with van der Waals surface area (Å²) in [5.74, 6) is 0.954. The Kier molecular flexibility index (Phi) is 7.08. The summed E-state index contributed by atoms with van der Waals surface area (Å²) in [6.07, 6.45) is 2.78. The van der Waals surface area contributed by atoms with Gasteiger partial charge in [-0.05, 0) is 67.0 Å². The van der Waals surface area contributed by atoms with E-state index in [1.165, 1.54) is 11.1 Å². The number of aryl methyl sites for hydroxylation is 1. The van der Waals surface area contributed by atoms with E-state index in [2.05, 4.69) is 47.5 Å². The quantitative estimate of drug-likeness (QED) is 0.471. The molecule has 1 N–H and O–H groups in total. The van der Waals surface area contributed by atoms with Crippen LogP contribution >= 0.6 is 0 Å². The number of nitrogens with zero attached hydrogens (tertiary/aromatic N) is 1. The van der Waals surface area contributed by atoms with Crippen molar-refractivity contribution in [2.75, 3.05) is 6.54 Å². The molecule has 2 atom stereocenters. The largest absolute Gasteiger partial charge is 0.481 e. The molecule has 0 aromatic heterocycles. The number of nitrogens with one attached hydrogen (secondary N) is 1. The highest BCUT2D eigenvalue weighted by Crippen LogP contribution is 2.41. The van der Waals surface area contributed by atoms with Crippen LogP contribution < -0.4 is 10.1 Å². The molecule has 0 unspecified atom stereocenters. The number of rotatable bonds is 8. The van der Waals surface area contributed by atoms with Gasteiger partial charge >= 0.3 is 0 Å². The maximum Gasteiger partial charge on any atom is 0.261 e. The Morgan fingerprint density at radius 2 is 1.83 bits per heavy atom. The fourth-order valence-electron chi connectivity index (χ4n) is 5.05. The molecule has 0 saturated heterocycles. The maximum atomic E-state index is 13.3. The lowest BCUT2D eigenvalue weighted by molar-refractivity contribution is -0.134. The molecular formula is C31H34N2O3. The van der Waals surface area contributed by atoms with Crippen LogP contribution in [0.15, 0.2) is 72.8 Å². The smallest absolute Gasteiger partial charge is 0.261 e. The molecule has 5 heteroatoms. The Labute approximate surface area is 213 Å². The lowest BCUT2D eigenvalue weighted by Gasteiger charge is -2.38. The number of amides is 2. The summed E-state index contributed by atoms with van der Waals surface area (Å²) in [6.45, 7) is 5.23. The predicted molar refractivity (Wildman–Crippen MR) is 141 cm³/mol. The predicted octanol–water partition coefficient (Wildman–Crippen LogP) is 5.35. The standard InChI is InChI=1S/C31H34N2O3/c1-3-28(30(34)32-20-22-9-5-4-6-10-22)36-26-15-14-23-16-17-33(31(35)24-12-13-24)29(27(23)19-26)25-11-7-8-21(2)18-25/h4-11,14-15,18-19,24,28-29H,3,12-13,16-17,20H2,1-2H3,(H,32,34)/t28-,29+/m1/s1. The van der Waals surface area contributed by atoms with E-state index in [0.717, 1.165) is 42.5 Å². The van der Waals surface area contributed by atoms with Crippen molar-refractivity contribution in [2.24, 2.45) is 5.92 Å². The van der Waals surface area contributed by atoms with Gasteiger partial charge in [0.2, 0.25) is 5.91 Å². The number of hydrogen-bond acceptors (Lipinski definition) is 3. The topological polar surface area (TPSA) is 58.6 Å². The molecule has 1 heterocycles. The van der Waals surface area contributed by atoms with E-state index < -0.39 is 6.10 Å². The van der Waals surface area contributed by atoms with Crippen LogP contribution in [0.3, 0.4) is 0 Å². The van der Waals surface area contributed by atoms with E-state index in [9.17, 15) is 9.59 Å². The molecule has 186 valence electrons. The zero-order valence-corrected chi connectivity index (χ0v) is 21.1. The lowest BCUT2D eigenvalue weighted by atomic mass is 9.87. The van der Waals surface area contributed by atoms with E-state index in [-0.39, 0.29) is 23.8 Å². The van der Waals surface area contributed by atoms with Gasteiger partial charge in [0.1, 0.15) is 5.75 Å². The first-order valence-electron chi connectivity index (χ1n) is 13.0. The number of ether oxygens (including phenoxy) is 1. The normalized spacial score (nSPS) is 17.7. The molecule has 5 nitrogen and oxygen atoms in total. The number of fused-ring (bicyclic) bond motifs is 1. The van der Waals surface area contributed by atoms with Crippen LogP contribution in [0.4, 0.5) is 0 Å². The highest BCUT2D eigenvalue weighted by Gasteiger charge is 2.39. The first-order valence-corrected chi connectivity index (χ1v) is 13.0. The van der Waals surface area contributed by atoms with Gasteiger partial charge < -0.3 is 15.0 Å². The van der Waals surface area contributed by atoms with Crippen LogP contribution in [0.2, 0.25) is 0 Å². The average molecular weight is 483 g/mol. The van der Waals surface area contributed by atoms with Crippen LogP contribution in [0.1, 0.15) is 60.0 Å². The molecule has 1 aliphatic carbocycles. The molecule has 3 aromatic rings. The lowest BCUT2D eigenvalue weighted by Crippen LogP contribution is -2.41. The average Bonchev–Trinajstić information content (AvgIpc) is 3.75. The minimum Gasteiger partial charge on any atom is -0.481 e. The van der Waals surface area contributed by atoms with E-state index in [1.54, 1.807) is 0 Å². The van der Waals surface area contributed by atoms with Gasteiger partial charge in [-0.25, -0.2) is 0 Å². The van der Waals surface area contributed by atoms with Crippen LogP contribution in [-0.4, -0.2) is 29.4 Å². The van der Waals surface area contributed by atoms with Gasteiger partial charge in [0.05, 0.1) is 6.04 Å². The van der Waals surface area contributed by atoms with Crippen molar-refractivity contribution in [3.63, 3.8) is 0 Å². The number of benzene rings is 3.